The Morgan fingerprint density at radius 1 is 1.40 bits per heavy atom. The number of rotatable bonds is 8. The van der Waals surface area contributed by atoms with Crippen LogP contribution in [0.5, 0.6) is 5.75 Å². The smallest absolute Gasteiger partial charge is 0.335 e. The van der Waals surface area contributed by atoms with E-state index in [1.165, 1.54) is 25.5 Å². The average molecular weight is 364 g/mol. The molecule has 8 nitrogen and oxygen atoms in total. The second-order valence-electron chi connectivity index (χ2n) is 5.00. The molecule has 0 bridgehead atoms. The Kier molecular flexibility index (Phi) is 5.80. The molecule has 0 aliphatic carbocycles. The molecule has 9 heteroatoms. The summed E-state index contributed by atoms with van der Waals surface area (Å²) in [6, 6.07) is 8.71. The van der Waals surface area contributed by atoms with Crippen molar-refractivity contribution in [1.82, 2.24) is 4.31 Å². The first-order valence-corrected chi connectivity index (χ1v) is 8.65. The number of nitrogens with zero attached hydrogens (tertiary/aromatic N) is 2. The predicted octanol–water partition coefficient (Wildman–Crippen LogP) is 2.09. The second kappa shape index (κ2) is 7.83. The summed E-state index contributed by atoms with van der Waals surface area (Å²) in [5.41, 5.74) is -0.183. The molecule has 0 amide bonds. The SMILES string of the molecule is COc1ccc(C(=O)O)cc1S(=O)(=O)N(CCC#N)Cc1ccco1. The molecule has 0 spiro atoms. The summed E-state index contributed by atoms with van der Waals surface area (Å²) in [6.45, 7) is -0.155. The minimum Gasteiger partial charge on any atom is -0.495 e. The highest BCUT2D eigenvalue weighted by Crippen LogP contribution is 2.29. The maximum absolute atomic E-state index is 13.0. The monoisotopic (exact) mass is 364 g/mol. The molecule has 2 rings (SSSR count). The molecule has 1 aromatic carbocycles. The van der Waals surface area contributed by atoms with Crippen LogP contribution in [0.4, 0.5) is 0 Å². The summed E-state index contributed by atoms with van der Waals surface area (Å²) < 4.78 is 37.3. The number of hydrogen-bond acceptors (Lipinski definition) is 6. The Morgan fingerprint density at radius 3 is 2.72 bits per heavy atom. The van der Waals surface area contributed by atoms with Gasteiger partial charge < -0.3 is 14.3 Å². The van der Waals surface area contributed by atoms with E-state index in [1.54, 1.807) is 12.1 Å². The van der Waals surface area contributed by atoms with Gasteiger partial charge in [-0.3, -0.25) is 0 Å². The van der Waals surface area contributed by atoms with Gasteiger partial charge in [-0.05, 0) is 30.3 Å². The molecule has 0 atom stereocenters. The molecular formula is C16H16N2O6S. The zero-order valence-electron chi connectivity index (χ0n) is 13.4. The highest BCUT2D eigenvalue weighted by atomic mass is 32.2. The van der Waals surface area contributed by atoms with Gasteiger partial charge in [-0.1, -0.05) is 0 Å². The summed E-state index contributed by atoms with van der Waals surface area (Å²) in [5.74, 6) is -0.838. The van der Waals surface area contributed by atoms with Crippen LogP contribution in [0.15, 0.2) is 45.9 Å². The van der Waals surface area contributed by atoms with Crippen molar-refractivity contribution < 1.29 is 27.5 Å². The predicted molar refractivity (Wildman–Crippen MR) is 86.5 cm³/mol. The number of nitriles is 1. The molecule has 1 aromatic heterocycles. The largest absolute Gasteiger partial charge is 0.495 e. The number of hydrogen-bond donors (Lipinski definition) is 1. The first-order valence-electron chi connectivity index (χ1n) is 7.21. The number of ether oxygens (including phenoxy) is 1. The lowest BCUT2D eigenvalue weighted by Gasteiger charge is -2.21. The molecule has 25 heavy (non-hydrogen) atoms. The maximum Gasteiger partial charge on any atom is 0.335 e. The Morgan fingerprint density at radius 2 is 2.16 bits per heavy atom. The van der Waals surface area contributed by atoms with Crippen LogP contribution >= 0.6 is 0 Å². The van der Waals surface area contributed by atoms with Crippen molar-refractivity contribution in [2.24, 2.45) is 0 Å². The Hall–Kier alpha value is -2.83. The van der Waals surface area contributed by atoms with Crippen molar-refractivity contribution in [3.05, 3.63) is 47.9 Å². The van der Waals surface area contributed by atoms with Crippen molar-refractivity contribution in [2.75, 3.05) is 13.7 Å². The third-order valence-electron chi connectivity index (χ3n) is 3.41. The fourth-order valence-electron chi connectivity index (χ4n) is 2.19. The summed E-state index contributed by atoms with van der Waals surface area (Å²) in [4.78, 5) is 10.9. The lowest BCUT2D eigenvalue weighted by Crippen LogP contribution is -2.32. The van der Waals surface area contributed by atoms with Gasteiger partial charge in [-0.2, -0.15) is 9.57 Å². The fourth-order valence-corrected chi connectivity index (χ4v) is 3.77. The van der Waals surface area contributed by atoms with Gasteiger partial charge in [0.05, 0.1) is 31.6 Å². The van der Waals surface area contributed by atoms with Crippen LogP contribution < -0.4 is 4.74 Å². The molecule has 0 aliphatic heterocycles. The lowest BCUT2D eigenvalue weighted by atomic mass is 10.2. The third kappa shape index (κ3) is 4.17. The lowest BCUT2D eigenvalue weighted by molar-refractivity contribution is 0.0696. The molecule has 132 valence electrons. The van der Waals surface area contributed by atoms with E-state index in [1.807, 2.05) is 6.07 Å². The third-order valence-corrected chi connectivity index (χ3v) is 5.28. The number of methoxy groups -OCH3 is 1. The first kappa shape index (κ1) is 18.5. The second-order valence-corrected chi connectivity index (χ2v) is 6.90. The van der Waals surface area contributed by atoms with Crippen LogP contribution in [-0.2, 0) is 16.6 Å². The number of benzene rings is 1. The van der Waals surface area contributed by atoms with Gasteiger partial charge >= 0.3 is 5.97 Å². The van der Waals surface area contributed by atoms with Crippen LogP contribution in [0, 0.1) is 11.3 Å². The Labute approximate surface area is 144 Å². The molecule has 1 heterocycles. The number of carboxylic acids is 1. The molecule has 1 N–H and O–H groups in total. The molecule has 0 saturated carbocycles. The van der Waals surface area contributed by atoms with E-state index in [0.29, 0.717) is 5.76 Å². The molecule has 0 unspecified atom stereocenters. The molecular weight excluding hydrogens is 348 g/mol. The number of aromatic carboxylic acids is 1. The van der Waals surface area contributed by atoms with Crippen molar-refractivity contribution in [3.8, 4) is 11.8 Å². The van der Waals surface area contributed by atoms with Crippen molar-refractivity contribution in [1.29, 1.82) is 5.26 Å². The zero-order chi connectivity index (χ0) is 18.4. The molecule has 2 aromatic rings. The van der Waals surface area contributed by atoms with Gasteiger partial charge in [0.1, 0.15) is 16.4 Å². The van der Waals surface area contributed by atoms with E-state index in [9.17, 15) is 13.2 Å². The van der Waals surface area contributed by atoms with Crippen LogP contribution in [0.25, 0.3) is 0 Å². The summed E-state index contributed by atoms with van der Waals surface area (Å²) in [6.07, 6.45) is 1.39. The topological polar surface area (TPSA) is 121 Å². The van der Waals surface area contributed by atoms with Gasteiger partial charge in [-0.25, -0.2) is 13.2 Å². The average Bonchev–Trinajstić information content (AvgIpc) is 3.10. The molecule has 0 radical (unpaired) electrons. The highest BCUT2D eigenvalue weighted by Gasteiger charge is 2.29. The van der Waals surface area contributed by atoms with Crippen molar-refractivity contribution >= 4 is 16.0 Å². The number of sulfonamides is 1. The maximum atomic E-state index is 13.0. The number of carboxylic acid groups (broad SMARTS) is 1. The molecule has 0 aliphatic rings. The van der Waals surface area contributed by atoms with E-state index in [2.05, 4.69) is 0 Å². The zero-order valence-corrected chi connectivity index (χ0v) is 14.2. The fraction of sp³-hybridized carbons (Fsp3) is 0.250. The highest BCUT2D eigenvalue weighted by molar-refractivity contribution is 7.89. The van der Waals surface area contributed by atoms with Crippen molar-refractivity contribution in [3.63, 3.8) is 0 Å². The quantitative estimate of drug-likeness (QED) is 0.761. The van der Waals surface area contributed by atoms with E-state index in [0.717, 1.165) is 10.4 Å². The summed E-state index contributed by atoms with van der Waals surface area (Å²) >= 11 is 0. The van der Waals surface area contributed by atoms with Crippen LogP contribution in [0.3, 0.4) is 0 Å². The van der Waals surface area contributed by atoms with Crippen LogP contribution in [0.2, 0.25) is 0 Å². The van der Waals surface area contributed by atoms with E-state index < -0.39 is 16.0 Å². The van der Waals surface area contributed by atoms with E-state index >= 15 is 0 Å². The number of carbonyl (C=O) groups is 1. The number of furan rings is 1. The van der Waals surface area contributed by atoms with Crippen LogP contribution in [-0.4, -0.2) is 37.5 Å². The van der Waals surface area contributed by atoms with Gasteiger partial charge in [0.15, 0.2) is 0 Å². The summed E-state index contributed by atoms with van der Waals surface area (Å²) in [5, 5.41) is 17.9. The summed E-state index contributed by atoms with van der Waals surface area (Å²) in [7, 11) is -2.82. The van der Waals surface area contributed by atoms with Gasteiger partial charge in [-0.15, -0.1) is 0 Å². The molecule has 0 fully saturated rings. The normalized spacial score (nSPS) is 11.2. The Balaban J connectivity index is 2.49. The minimum absolute atomic E-state index is 0.0198. The van der Waals surface area contributed by atoms with E-state index in [4.69, 9.17) is 19.5 Å². The van der Waals surface area contributed by atoms with Gasteiger partial charge in [0.2, 0.25) is 10.0 Å². The minimum atomic E-state index is -4.11. The van der Waals surface area contributed by atoms with Crippen molar-refractivity contribution in [2.45, 2.75) is 17.9 Å². The first-order chi connectivity index (χ1) is 11.9. The Bertz CT molecular complexity index is 884. The standard InChI is InChI=1S/C16H16N2O6S/c1-23-14-6-5-12(16(19)20)10-15(14)25(21,22)18(8-3-7-17)11-13-4-2-9-24-13/h2,4-6,9-10H,3,8,11H2,1H3,(H,19,20). The molecule has 0 saturated heterocycles. The van der Waals surface area contributed by atoms with E-state index in [-0.39, 0.29) is 35.7 Å². The van der Waals surface area contributed by atoms with Gasteiger partial charge in [0, 0.05) is 13.0 Å². The van der Waals surface area contributed by atoms with Gasteiger partial charge in [0.25, 0.3) is 0 Å². The van der Waals surface area contributed by atoms with Crippen LogP contribution in [0.1, 0.15) is 22.5 Å².